The SMILES string of the molecule is Cc1ccc(OC(C)C(=O)NCc2sc(-c3ccccc3Cl)nc2C)c(C(C)(C)C)c1. The Morgan fingerprint density at radius 3 is 2.58 bits per heavy atom. The summed E-state index contributed by atoms with van der Waals surface area (Å²) in [6.07, 6.45) is -0.611. The number of nitrogens with zero attached hydrogens (tertiary/aromatic N) is 1. The minimum atomic E-state index is -0.611. The van der Waals surface area contributed by atoms with Crippen LogP contribution in [0.2, 0.25) is 5.02 Å². The van der Waals surface area contributed by atoms with Gasteiger partial charge in [-0.2, -0.15) is 0 Å². The molecule has 0 aliphatic carbocycles. The Morgan fingerprint density at radius 1 is 1.19 bits per heavy atom. The molecule has 1 unspecified atom stereocenters. The molecular formula is C25H29ClN2O2S. The molecule has 1 amide bonds. The third-order valence-corrected chi connectivity index (χ3v) is 6.56. The Bertz CT molecular complexity index is 1090. The molecule has 4 nitrogen and oxygen atoms in total. The first-order chi connectivity index (χ1) is 14.6. The maximum absolute atomic E-state index is 12.7. The summed E-state index contributed by atoms with van der Waals surface area (Å²) in [5, 5.41) is 4.50. The van der Waals surface area contributed by atoms with Gasteiger partial charge in [0.25, 0.3) is 5.91 Å². The van der Waals surface area contributed by atoms with E-state index in [4.69, 9.17) is 16.3 Å². The average Bonchev–Trinajstić information content (AvgIpc) is 3.07. The monoisotopic (exact) mass is 456 g/mol. The predicted molar refractivity (Wildman–Crippen MR) is 129 cm³/mol. The summed E-state index contributed by atoms with van der Waals surface area (Å²) in [6.45, 7) is 12.6. The number of ether oxygens (including phenoxy) is 1. The van der Waals surface area contributed by atoms with Crippen LogP contribution in [0, 0.1) is 13.8 Å². The Morgan fingerprint density at radius 2 is 1.90 bits per heavy atom. The van der Waals surface area contributed by atoms with Gasteiger partial charge in [-0.25, -0.2) is 4.98 Å². The van der Waals surface area contributed by atoms with Crippen molar-refractivity contribution < 1.29 is 9.53 Å². The number of nitrogens with one attached hydrogen (secondary N) is 1. The lowest BCUT2D eigenvalue weighted by molar-refractivity contribution is -0.127. The molecule has 0 radical (unpaired) electrons. The molecule has 3 aromatic rings. The molecule has 1 atom stereocenters. The molecule has 0 bridgehead atoms. The van der Waals surface area contributed by atoms with E-state index in [0.29, 0.717) is 11.6 Å². The van der Waals surface area contributed by atoms with Crippen molar-refractivity contribution in [2.45, 2.75) is 59.6 Å². The topological polar surface area (TPSA) is 51.2 Å². The second kappa shape index (κ2) is 9.41. The van der Waals surface area contributed by atoms with Crippen LogP contribution in [0.1, 0.15) is 49.4 Å². The van der Waals surface area contributed by atoms with Crippen molar-refractivity contribution >= 4 is 28.8 Å². The van der Waals surface area contributed by atoms with Crippen molar-refractivity contribution in [1.82, 2.24) is 10.3 Å². The van der Waals surface area contributed by atoms with Gasteiger partial charge in [0.15, 0.2) is 6.10 Å². The minimum absolute atomic E-state index is 0.0770. The molecule has 0 aliphatic rings. The number of thiazole rings is 1. The lowest BCUT2D eigenvalue weighted by atomic mass is 9.85. The number of aryl methyl sites for hydroxylation is 2. The average molecular weight is 457 g/mol. The maximum atomic E-state index is 12.7. The second-order valence-corrected chi connectivity index (χ2v) is 10.2. The van der Waals surface area contributed by atoms with E-state index in [1.54, 1.807) is 18.3 Å². The molecule has 1 heterocycles. The van der Waals surface area contributed by atoms with Crippen LogP contribution in [-0.2, 0) is 16.8 Å². The summed E-state index contributed by atoms with van der Waals surface area (Å²) < 4.78 is 6.06. The number of benzene rings is 2. The molecule has 31 heavy (non-hydrogen) atoms. The number of aromatic nitrogens is 1. The van der Waals surface area contributed by atoms with E-state index >= 15 is 0 Å². The zero-order valence-electron chi connectivity index (χ0n) is 18.9. The summed E-state index contributed by atoms with van der Waals surface area (Å²) in [4.78, 5) is 18.3. The maximum Gasteiger partial charge on any atom is 0.261 e. The quantitative estimate of drug-likeness (QED) is 0.463. The van der Waals surface area contributed by atoms with Gasteiger partial charge >= 0.3 is 0 Å². The number of hydrogen-bond acceptors (Lipinski definition) is 4. The Kier molecular flexibility index (Phi) is 7.07. The van der Waals surface area contributed by atoms with Crippen molar-refractivity contribution in [2.75, 3.05) is 0 Å². The number of hydrogen-bond donors (Lipinski definition) is 1. The predicted octanol–water partition coefficient (Wildman–Crippen LogP) is 6.46. The molecule has 0 saturated heterocycles. The highest BCUT2D eigenvalue weighted by molar-refractivity contribution is 7.15. The molecule has 0 aliphatic heterocycles. The molecule has 0 fully saturated rings. The second-order valence-electron chi connectivity index (χ2n) is 8.73. The van der Waals surface area contributed by atoms with Gasteiger partial charge in [-0.1, -0.05) is 68.3 Å². The summed E-state index contributed by atoms with van der Waals surface area (Å²) >= 11 is 7.84. The van der Waals surface area contributed by atoms with E-state index < -0.39 is 6.10 Å². The van der Waals surface area contributed by atoms with Gasteiger partial charge in [-0.05, 0) is 43.9 Å². The first kappa shape index (κ1) is 23.3. The summed E-state index contributed by atoms with van der Waals surface area (Å²) in [5.41, 5.74) is 3.98. The lowest BCUT2D eigenvalue weighted by Crippen LogP contribution is -2.36. The van der Waals surface area contributed by atoms with Gasteiger partial charge in [-0.15, -0.1) is 11.3 Å². The fourth-order valence-corrected chi connectivity index (χ4v) is 4.55. The largest absolute Gasteiger partial charge is 0.481 e. The van der Waals surface area contributed by atoms with E-state index in [1.165, 1.54) is 5.56 Å². The van der Waals surface area contributed by atoms with Gasteiger partial charge in [0.2, 0.25) is 0 Å². The highest BCUT2D eigenvalue weighted by atomic mass is 35.5. The fourth-order valence-electron chi connectivity index (χ4n) is 3.23. The molecule has 3 rings (SSSR count). The number of carbonyl (C=O) groups excluding carboxylic acids is 1. The minimum Gasteiger partial charge on any atom is -0.481 e. The number of amides is 1. The van der Waals surface area contributed by atoms with E-state index in [1.807, 2.05) is 43.3 Å². The molecule has 6 heteroatoms. The van der Waals surface area contributed by atoms with Crippen LogP contribution in [0.15, 0.2) is 42.5 Å². The van der Waals surface area contributed by atoms with E-state index in [9.17, 15) is 4.79 Å². The third kappa shape index (κ3) is 5.66. The van der Waals surface area contributed by atoms with Crippen molar-refractivity contribution in [3.05, 3.63) is 69.2 Å². The highest BCUT2D eigenvalue weighted by Crippen LogP contribution is 2.34. The zero-order chi connectivity index (χ0) is 22.8. The Balaban J connectivity index is 1.68. The first-order valence-corrected chi connectivity index (χ1v) is 11.5. The van der Waals surface area contributed by atoms with Crippen LogP contribution in [0.4, 0.5) is 0 Å². The summed E-state index contributed by atoms with van der Waals surface area (Å²) in [6, 6.07) is 13.7. The summed E-state index contributed by atoms with van der Waals surface area (Å²) in [5.74, 6) is 0.586. The fraction of sp³-hybridized carbons (Fsp3) is 0.360. The van der Waals surface area contributed by atoms with Crippen LogP contribution < -0.4 is 10.1 Å². The van der Waals surface area contributed by atoms with Crippen LogP contribution in [-0.4, -0.2) is 17.0 Å². The number of carbonyl (C=O) groups is 1. The molecule has 164 valence electrons. The van der Waals surface area contributed by atoms with Crippen LogP contribution in [0.25, 0.3) is 10.6 Å². The van der Waals surface area contributed by atoms with Crippen LogP contribution in [0.3, 0.4) is 0 Å². The molecule has 2 aromatic carbocycles. The number of halogens is 1. The van der Waals surface area contributed by atoms with Crippen molar-refractivity contribution in [1.29, 1.82) is 0 Å². The standard InChI is InChI=1S/C25H29ClN2O2S/c1-15-11-12-21(19(13-15)25(4,5)6)30-17(3)23(29)27-14-22-16(2)28-24(31-22)18-9-7-8-10-20(18)26/h7-13,17H,14H2,1-6H3,(H,27,29). The van der Waals surface area contributed by atoms with E-state index in [-0.39, 0.29) is 11.3 Å². The third-order valence-electron chi connectivity index (χ3n) is 5.04. The van der Waals surface area contributed by atoms with Gasteiger partial charge in [0.05, 0.1) is 17.3 Å². The van der Waals surface area contributed by atoms with Crippen molar-refractivity contribution in [3.8, 4) is 16.3 Å². The Labute approximate surface area is 193 Å². The molecule has 0 saturated carbocycles. The van der Waals surface area contributed by atoms with Gasteiger partial charge in [0, 0.05) is 10.4 Å². The Hall–Kier alpha value is -2.37. The molecule has 1 N–H and O–H groups in total. The van der Waals surface area contributed by atoms with Crippen LogP contribution in [0.5, 0.6) is 5.75 Å². The normalized spacial score (nSPS) is 12.5. The van der Waals surface area contributed by atoms with Crippen molar-refractivity contribution in [2.24, 2.45) is 0 Å². The highest BCUT2D eigenvalue weighted by Gasteiger charge is 2.23. The van der Waals surface area contributed by atoms with E-state index in [2.05, 4.69) is 44.1 Å². The molecule has 1 aromatic heterocycles. The summed E-state index contributed by atoms with van der Waals surface area (Å²) in [7, 11) is 0. The van der Waals surface area contributed by atoms with Gasteiger partial charge < -0.3 is 10.1 Å². The molecular weight excluding hydrogens is 428 g/mol. The number of rotatable bonds is 6. The zero-order valence-corrected chi connectivity index (χ0v) is 20.4. The van der Waals surface area contributed by atoms with Crippen LogP contribution >= 0.6 is 22.9 Å². The van der Waals surface area contributed by atoms with E-state index in [0.717, 1.165) is 32.5 Å². The van der Waals surface area contributed by atoms with Gasteiger partial charge in [-0.3, -0.25) is 4.79 Å². The first-order valence-electron chi connectivity index (χ1n) is 10.3. The smallest absolute Gasteiger partial charge is 0.261 e. The molecule has 0 spiro atoms. The van der Waals surface area contributed by atoms with Crippen molar-refractivity contribution in [3.63, 3.8) is 0 Å². The lowest BCUT2D eigenvalue weighted by Gasteiger charge is -2.25. The van der Waals surface area contributed by atoms with Gasteiger partial charge in [0.1, 0.15) is 10.8 Å².